The zero-order valence-corrected chi connectivity index (χ0v) is 13.5. The minimum Gasteiger partial charge on any atom is -0.496 e. The summed E-state index contributed by atoms with van der Waals surface area (Å²) in [5.74, 6) is 2.14. The number of hydrogen-bond donors (Lipinski definition) is 1. The Morgan fingerprint density at radius 3 is 2.36 bits per heavy atom. The van der Waals surface area contributed by atoms with Crippen molar-refractivity contribution in [2.24, 2.45) is 0 Å². The lowest BCUT2D eigenvalue weighted by Crippen LogP contribution is -2.29. The molecule has 0 saturated carbocycles. The van der Waals surface area contributed by atoms with E-state index in [0.29, 0.717) is 24.1 Å². The number of benzene rings is 1. The Labute approximate surface area is 131 Å². The minimum absolute atomic E-state index is 0.298. The number of nitrogens with one attached hydrogen (secondary N) is 1. The molecule has 0 spiro atoms. The van der Waals surface area contributed by atoms with Gasteiger partial charge in [0.1, 0.15) is 5.75 Å². The molecular formula is C16H23N3O3. The van der Waals surface area contributed by atoms with E-state index in [4.69, 9.17) is 14.2 Å². The van der Waals surface area contributed by atoms with Crippen LogP contribution < -0.4 is 19.5 Å². The second-order valence-corrected chi connectivity index (χ2v) is 5.06. The van der Waals surface area contributed by atoms with Gasteiger partial charge in [0.2, 0.25) is 0 Å². The molecule has 120 valence electrons. The molecule has 0 fully saturated rings. The highest BCUT2D eigenvalue weighted by Crippen LogP contribution is 2.34. The number of hydrogen-bond acceptors (Lipinski definition) is 5. The lowest BCUT2D eigenvalue weighted by Gasteiger charge is -2.17. The van der Waals surface area contributed by atoms with Crippen LogP contribution >= 0.6 is 0 Å². The van der Waals surface area contributed by atoms with Crippen molar-refractivity contribution in [3.63, 3.8) is 0 Å². The molecule has 1 aromatic carbocycles. The highest BCUT2D eigenvalue weighted by Gasteiger charge is 2.12. The number of nitrogens with zero attached hydrogens (tertiary/aromatic N) is 2. The van der Waals surface area contributed by atoms with Gasteiger partial charge < -0.3 is 24.1 Å². The first kappa shape index (κ1) is 16.2. The van der Waals surface area contributed by atoms with Crippen LogP contribution in [0, 0.1) is 0 Å². The van der Waals surface area contributed by atoms with Crippen LogP contribution in [-0.2, 0) is 13.1 Å². The number of methoxy groups -OCH3 is 3. The second kappa shape index (κ2) is 7.70. The standard InChI is InChI=1S/C16H23N3O3/c1-12(10-19-6-5-17-11-19)18-9-13-7-15(21-3)16(22-4)8-14(13)20-2/h5-8,11-12,18H,9-10H2,1-4H3/t12-/m1/s1. The molecule has 0 radical (unpaired) electrons. The Kier molecular flexibility index (Phi) is 5.66. The molecule has 0 saturated heterocycles. The van der Waals surface area contributed by atoms with Crippen LogP contribution in [0.5, 0.6) is 17.2 Å². The van der Waals surface area contributed by atoms with Crippen LogP contribution in [0.3, 0.4) is 0 Å². The molecule has 1 atom stereocenters. The largest absolute Gasteiger partial charge is 0.496 e. The topological polar surface area (TPSA) is 57.5 Å². The maximum absolute atomic E-state index is 5.43. The van der Waals surface area contributed by atoms with Gasteiger partial charge in [-0.2, -0.15) is 0 Å². The normalized spacial score (nSPS) is 12.0. The first-order valence-corrected chi connectivity index (χ1v) is 7.16. The summed E-state index contributed by atoms with van der Waals surface area (Å²) in [6, 6.07) is 4.08. The lowest BCUT2D eigenvalue weighted by molar-refractivity contribution is 0.346. The van der Waals surface area contributed by atoms with Crippen molar-refractivity contribution in [3.8, 4) is 17.2 Å². The predicted molar refractivity (Wildman–Crippen MR) is 84.6 cm³/mol. The van der Waals surface area contributed by atoms with Gasteiger partial charge >= 0.3 is 0 Å². The highest BCUT2D eigenvalue weighted by atomic mass is 16.5. The molecule has 0 aliphatic carbocycles. The number of imidazole rings is 1. The molecule has 0 amide bonds. The van der Waals surface area contributed by atoms with Crippen molar-refractivity contribution >= 4 is 0 Å². The van der Waals surface area contributed by atoms with Crippen molar-refractivity contribution < 1.29 is 14.2 Å². The van der Waals surface area contributed by atoms with Gasteiger partial charge in [0, 0.05) is 43.2 Å². The predicted octanol–water partition coefficient (Wildman–Crippen LogP) is 2.09. The van der Waals surface area contributed by atoms with Crippen LogP contribution in [0.4, 0.5) is 0 Å². The highest BCUT2D eigenvalue weighted by molar-refractivity contribution is 5.50. The molecule has 0 aliphatic rings. The van der Waals surface area contributed by atoms with Crippen molar-refractivity contribution in [3.05, 3.63) is 36.4 Å². The lowest BCUT2D eigenvalue weighted by atomic mass is 10.1. The van der Waals surface area contributed by atoms with Gasteiger partial charge in [-0.15, -0.1) is 0 Å². The summed E-state index contributed by atoms with van der Waals surface area (Å²) in [6.45, 7) is 3.67. The fourth-order valence-corrected chi connectivity index (χ4v) is 2.29. The molecule has 22 heavy (non-hydrogen) atoms. The van der Waals surface area contributed by atoms with Crippen molar-refractivity contribution in [2.45, 2.75) is 26.1 Å². The van der Waals surface area contributed by atoms with Crippen molar-refractivity contribution in [2.75, 3.05) is 21.3 Å². The Bertz CT molecular complexity index is 585. The number of ether oxygens (including phenoxy) is 3. The smallest absolute Gasteiger partial charge is 0.164 e. The summed E-state index contributed by atoms with van der Waals surface area (Å²) in [7, 11) is 4.89. The molecule has 0 aliphatic heterocycles. The molecule has 6 heteroatoms. The third-order valence-electron chi connectivity index (χ3n) is 3.47. The zero-order valence-electron chi connectivity index (χ0n) is 13.5. The van der Waals surface area contributed by atoms with E-state index >= 15 is 0 Å². The fourth-order valence-electron chi connectivity index (χ4n) is 2.29. The molecular weight excluding hydrogens is 282 g/mol. The average molecular weight is 305 g/mol. The molecule has 2 rings (SSSR count). The van der Waals surface area contributed by atoms with Gasteiger partial charge in [-0.25, -0.2) is 4.98 Å². The first-order chi connectivity index (χ1) is 10.7. The van der Waals surface area contributed by atoms with Crippen LogP contribution in [0.15, 0.2) is 30.9 Å². The number of aromatic nitrogens is 2. The molecule has 6 nitrogen and oxygen atoms in total. The summed E-state index contributed by atoms with van der Waals surface area (Å²) in [6.07, 6.45) is 5.55. The average Bonchev–Trinajstić information content (AvgIpc) is 3.04. The SMILES string of the molecule is COc1cc(OC)c(OC)cc1CN[C@H](C)Cn1ccnc1. The van der Waals surface area contributed by atoms with E-state index in [0.717, 1.165) is 17.9 Å². The third-order valence-corrected chi connectivity index (χ3v) is 3.47. The molecule has 1 aromatic heterocycles. The summed E-state index contributed by atoms with van der Waals surface area (Å²) in [5.41, 5.74) is 1.03. The van der Waals surface area contributed by atoms with Gasteiger partial charge in [-0.1, -0.05) is 0 Å². The Morgan fingerprint density at radius 1 is 1.09 bits per heavy atom. The van der Waals surface area contributed by atoms with Crippen LogP contribution in [0.1, 0.15) is 12.5 Å². The molecule has 0 unspecified atom stereocenters. The van der Waals surface area contributed by atoms with Crippen LogP contribution in [0.2, 0.25) is 0 Å². The zero-order chi connectivity index (χ0) is 15.9. The summed E-state index contributed by atoms with van der Waals surface area (Å²) in [5, 5.41) is 3.48. The van der Waals surface area contributed by atoms with E-state index in [1.54, 1.807) is 27.5 Å². The summed E-state index contributed by atoms with van der Waals surface area (Å²) >= 11 is 0. The number of rotatable bonds is 8. The summed E-state index contributed by atoms with van der Waals surface area (Å²) < 4.78 is 18.1. The fraction of sp³-hybridized carbons (Fsp3) is 0.438. The molecule has 2 aromatic rings. The molecule has 0 bridgehead atoms. The van der Waals surface area contributed by atoms with E-state index in [-0.39, 0.29) is 0 Å². The van der Waals surface area contributed by atoms with E-state index < -0.39 is 0 Å². The van der Waals surface area contributed by atoms with E-state index in [9.17, 15) is 0 Å². The van der Waals surface area contributed by atoms with Gasteiger partial charge in [-0.3, -0.25) is 0 Å². The van der Waals surface area contributed by atoms with Gasteiger partial charge in [0.05, 0.1) is 27.7 Å². The minimum atomic E-state index is 0.298. The first-order valence-electron chi connectivity index (χ1n) is 7.16. The van der Waals surface area contributed by atoms with Crippen molar-refractivity contribution in [1.29, 1.82) is 0 Å². The molecule has 1 N–H and O–H groups in total. The van der Waals surface area contributed by atoms with Crippen LogP contribution in [-0.4, -0.2) is 36.9 Å². The Hall–Kier alpha value is -2.21. The van der Waals surface area contributed by atoms with E-state index in [1.165, 1.54) is 0 Å². The van der Waals surface area contributed by atoms with Gasteiger partial charge in [0.25, 0.3) is 0 Å². The Morgan fingerprint density at radius 2 is 1.77 bits per heavy atom. The van der Waals surface area contributed by atoms with Gasteiger partial charge in [0.15, 0.2) is 11.5 Å². The van der Waals surface area contributed by atoms with Gasteiger partial charge in [-0.05, 0) is 13.0 Å². The maximum Gasteiger partial charge on any atom is 0.164 e. The summed E-state index contributed by atoms with van der Waals surface area (Å²) in [4.78, 5) is 4.05. The molecule has 1 heterocycles. The van der Waals surface area contributed by atoms with E-state index in [1.807, 2.05) is 29.2 Å². The van der Waals surface area contributed by atoms with Crippen LogP contribution in [0.25, 0.3) is 0 Å². The van der Waals surface area contributed by atoms with E-state index in [2.05, 4.69) is 17.2 Å². The third kappa shape index (κ3) is 3.92. The van der Waals surface area contributed by atoms with Crippen molar-refractivity contribution in [1.82, 2.24) is 14.9 Å². The second-order valence-electron chi connectivity index (χ2n) is 5.06. The maximum atomic E-state index is 5.43. The monoisotopic (exact) mass is 305 g/mol. The Balaban J connectivity index is 2.04. The quantitative estimate of drug-likeness (QED) is 0.809.